The molecule has 2 aromatic rings. The summed E-state index contributed by atoms with van der Waals surface area (Å²) in [6.45, 7) is 0.858. The van der Waals surface area contributed by atoms with Gasteiger partial charge in [0.25, 0.3) is 5.91 Å². The van der Waals surface area contributed by atoms with E-state index in [0.29, 0.717) is 5.56 Å². The van der Waals surface area contributed by atoms with Gasteiger partial charge < -0.3 is 10.6 Å². The van der Waals surface area contributed by atoms with E-state index in [2.05, 4.69) is 10.6 Å². The molecule has 20 heavy (non-hydrogen) atoms. The summed E-state index contributed by atoms with van der Waals surface area (Å²) in [5.74, 6) is -0.722. The molecule has 0 unspecified atom stereocenters. The molecule has 3 nitrogen and oxygen atoms in total. The highest BCUT2D eigenvalue weighted by molar-refractivity contribution is 6.08. The van der Waals surface area contributed by atoms with Crippen LogP contribution < -0.4 is 10.6 Å². The van der Waals surface area contributed by atoms with Gasteiger partial charge in [-0.15, -0.1) is 0 Å². The standard InChI is InChI=1S/C16H15FN2O/c17-13-8-1-2-9-14(13)19-16(20)12-7-3-5-11-6-4-10-18-15(11)12/h1-3,5,7-9,18H,4,6,10H2,(H,19,20). The molecule has 0 spiro atoms. The van der Waals surface area contributed by atoms with E-state index in [9.17, 15) is 9.18 Å². The molecule has 1 aliphatic rings. The Kier molecular flexibility index (Phi) is 3.37. The molecule has 0 radical (unpaired) electrons. The van der Waals surface area contributed by atoms with Crippen molar-refractivity contribution in [3.8, 4) is 0 Å². The zero-order valence-electron chi connectivity index (χ0n) is 10.9. The van der Waals surface area contributed by atoms with Crippen molar-refractivity contribution in [2.24, 2.45) is 0 Å². The Labute approximate surface area is 116 Å². The number of rotatable bonds is 2. The fraction of sp³-hybridized carbons (Fsp3) is 0.188. The molecule has 0 aliphatic carbocycles. The SMILES string of the molecule is O=C(Nc1ccccc1F)c1cccc2c1NCCC2. The van der Waals surface area contributed by atoms with Gasteiger partial charge in [-0.1, -0.05) is 24.3 Å². The normalized spacial score (nSPS) is 13.2. The van der Waals surface area contributed by atoms with Crippen LogP contribution in [0.5, 0.6) is 0 Å². The molecule has 0 saturated carbocycles. The number of halogens is 1. The van der Waals surface area contributed by atoms with Gasteiger partial charge in [-0.2, -0.15) is 0 Å². The number of carbonyl (C=O) groups is 1. The molecule has 0 saturated heterocycles. The van der Waals surface area contributed by atoms with Gasteiger partial charge in [0.15, 0.2) is 0 Å². The lowest BCUT2D eigenvalue weighted by atomic mass is 9.99. The van der Waals surface area contributed by atoms with Crippen LogP contribution in [-0.4, -0.2) is 12.5 Å². The van der Waals surface area contributed by atoms with E-state index in [4.69, 9.17) is 0 Å². The number of anilines is 2. The zero-order chi connectivity index (χ0) is 13.9. The average Bonchev–Trinajstić information content (AvgIpc) is 2.49. The molecule has 0 fully saturated rings. The maximum absolute atomic E-state index is 13.6. The summed E-state index contributed by atoms with van der Waals surface area (Å²) in [7, 11) is 0. The second-order valence-corrected chi connectivity index (χ2v) is 4.80. The highest BCUT2D eigenvalue weighted by Gasteiger charge is 2.18. The van der Waals surface area contributed by atoms with Crippen molar-refractivity contribution in [1.82, 2.24) is 0 Å². The van der Waals surface area contributed by atoms with Gasteiger partial charge in [0.05, 0.1) is 16.9 Å². The van der Waals surface area contributed by atoms with Gasteiger partial charge in [-0.05, 0) is 36.6 Å². The molecule has 1 heterocycles. The van der Waals surface area contributed by atoms with Crippen molar-refractivity contribution in [3.63, 3.8) is 0 Å². The van der Waals surface area contributed by atoms with Crippen LogP contribution in [0.25, 0.3) is 0 Å². The van der Waals surface area contributed by atoms with Crippen molar-refractivity contribution < 1.29 is 9.18 Å². The number of benzene rings is 2. The number of hydrogen-bond donors (Lipinski definition) is 2. The summed E-state index contributed by atoms with van der Waals surface area (Å²) in [6, 6.07) is 11.8. The van der Waals surface area contributed by atoms with E-state index in [0.717, 1.165) is 30.6 Å². The van der Waals surface area contributed by atoms with Crippen molar-refractivity contribution in [2.75, 3.05) is 17.2 Å². The minimum atomic E-state index is -0.432. The third-order valence-electron chi connectivity index (χ3n) is 3.44. The Morgan fingerprint density at radius 2 is 2.00 bits per heavy atom. The topological polar surface area (TPSA) is 41.1 Å². The van der Waals surface area contributed by atoms with Crippen LogP contribution in [0.1, 0.15) is 22.3 Å². The van der Waals surface area contributed by atoms with Crippen molar-refractivity contribution in [3.05, 3.63) is 59.4 Å². The van der Waals surface area contributed by atoms with E-state index < -0.39 is 5.82 Å². The Morgan fingerprint density at radius 1 is 1.15 bits per heavy atom. The number of aryl methyl sites for hydroxylation is 1. The predicted octanol–water partition coefficient (Wildman–Crippen LogP) is 3.44. The van der Waals surface area contributed by atoms with Gasteiger partial charge in [0.2, 0.25) is 0 Å². The Bertz CT molecular complexity index is 655. The molecular formula is C16H15FN2O. The Balaban J connectivity index is 1.90. The number of nitrogens with one attached hydrogen (secondary N) is 2. The Hall–Kier alpha value is -2.36. The molecule has 102 valence electrons. The third-order valence-corrected chi connectivity index (χ3v) is 3.44. The minimum Gasteiger partial charge on any atom is -0.384 e. The number of amides is 1. The first kappa shape index (κ1) is 12.7. The van der Waals surface area contributed by atoms with Crippen molar-refractivity contribution in [1.29, 1.82) is 0 Å². The van der Waals surface area contributed by atoms with Crippen LogP contribution in [0.2, 0.25) is 0 Å². The maximum Gasteiger partial charge on any atom is 0.257 e. The largest absolute Gasteiger partial charge is 0.384 e. The van der Waals surface area contributed by atoms with Gasteiger partial charge in [0, 0.05) is 6.54 Å². The van der Waals surface area contributed by atoms with Crippen LogP contribution in [0, 0.1) is 5.82 Å². The first-order valence-corrected chi connectivity index (χ1v) is 6.67. The van der Waals surface area contributed by atoms with Crippen LogP contribution >= 0.6 is 0 Å². The zero-order valence-corrected chi connectivity index (χ0v) is 10.9. The monoisotopic (exact) mass is 270 g/mol. The molecule has 2 aromatic carbocycles. The van der Waals surface area contributed by atoms with E-state index in [1.807, 2.05) is 12.1 Å². The lowest BCUT2D eigenvalue weighted by molar-refractivity contribution is 0.102. The molecule has 1 amide bonds. The predicted molar refractivity (Wildman–Crippen MR) is 77.6 cm³/mol. The van der Waals surface area contributed by atoms with Gasteiger partial charge >= 0.3 is 0 Å². The molecule has 0 atom stereocenters. The molecule has 2 N–H and O–H groups in total. The molecule has 0 bridgehead atoms. The summed E-state index contributed by atoms with van der Waals surface area (Å²) in [6.07, 6.45) is 2.02. The minimum absolute atomic E-state index is 0.200. The summed E-state index contributed by atoms with van der Waals surface area (Å²) < 4.78 is 13.6. The summed E-state index contributed by atoms with van der Waals surface area (Å²) in [4.78, 5) is 12.3. The Morgan fingerprint density at radius 3 is 2.85 bits per heavy atom. The third kappa shape index (κ3) is 2.37. The van der Waals surface area contributed by atoms with Crippen molar-refractivity contribution in [2.45, 2.75) is 12.8 Å². The van der Waals surface area contributed by atoms with Crippen LogP contribution in [0.15, 0.2) is 42.5 Å². The molecule has 0 aromatic heterocycles. The number of hydrogen-bond acceptors (Lipinski definition) is 2. The first-order valence-electron chi connectivity index (χ1n) is 6.67. The first-order chi connectivity index (χ1) is 9.75. The fourth-order valence-corrected chi connectivity index (χ4v) is 2.45. The van der Waals surface area contributed by atoms with E-state index >= 15 is 0 Å². The highest BCUT2D eigenvalue weighted by atomic mass is 19.1. The number of fused-ring (bicyclic) bond motifs is 1. The smallest absolute Gasteiger partial charge is 0.257 e. The lowest BCUT2D eigenvalue weighted by Gasteiger charge is -2.20. The molecule has 1 aliphatic heterocycles. The fourth-order valence-electron chi connectivity index (χ4n) is 2.45. The second kappa shape index (κ2) is 5.33. The number of para-hydroxylation sites is 2. The van der Waals surface area contributed by atoms with Gasteiger partial charge in [0.1, 0.15) is 5.82 Å². The van der Waals surface area contributed by atoms with Crippen LogP contribution in [0.4, 0.5) is 15.8 Å². The number of carbonyl (C=O) groups excluding carboxylic acids is 1. The van der Waals surface area contributed by atoms with Crippen molar-refractivity contribution >= 4 is 17.3 Å². The van der Waals surface area contributed by atoms with E-state index in [1.54, 1.807) is 24.3 Å². The molecule has 3 rings (SSSR count). The van der Waals surface area contributed by atoms with Crippen LogP contribution in [0.3, 0.4) is 0 Å². The molecule has 4 heteroatoms. The van der Waals surface area contributed by atoms with Gasteiger partial charge in [-0.25, -0.2) is 4.39 Å². The quantitative estimate of drug-likeness (QED) is 0.877. The van der Waals surface area contributed by atoms with Gasteiger partial charge in [-0.3, -0.25) is 4.79 Å². The summed E-state index contributed by atoms with van der Waals surface area (Å²) >= 11 is 0. The lowest BCUT2D eigenvalue weighted by Crippen LogP contribution is -2.19. The summed E-state index contributed by atoms with van der Waals surface area (Å²) in [5.41, 5.74) is 2.77. The second-order valence-electron chi connectivity index (χ2n) is 4.80. The van der Waals surface area contributed by atoms with E-state index in [1.165, 1.54) is 6.07 Å². The highest BCUT2D eigenvalue weighted by Crippen LogP contribution is 2.27. The average molecular weight is 270 g/mol. The van der Waals surface area contributed by atoms with E-state index in [-0.39, 0.29) is 11.6 Å². The molecular weight excluding hydrogens is 255 g/mol. The maximum atomic E-state index is 13.6. The summed E-state index contributed by atoms with van der Waals surface area (Å²) in [5, 5.41) is 5.88. The van der Waals surface area contributed by atoms with Crippen LogP contribution in [-0.2, 0) is 6.42 Å².